The molecule has 1 aliphatic rings. The topological polar surface area (TPSA) is 51.2 Å². The number of benzene rings is 1. The Labute approximate surface area is 130 Å². The normalized spacial score (nSPS) is 15.5. The molecule has 0 saturated carbocycles. The molecule has 1 fully saturated rings. The number of carbonyl (C=O) groups is 1. The van der Waals surface area contributed by atoms with E-state index in [1.165, 1.54) is 5.56 Å². The van der Waals surface area contributed by atoms with Crippen molar-refractivity contribution < 1.29 is 9.53 Å². The van der Waals surface area contributed by atoms with Crippen molar-refractivity contribution in [3.05, 3.63) is 65.5 Å². The Balaban J connectivity index is 1.59. The highest BCUT2D eigenvalue weighted by Gasteiger charge is 2.17. The molecule has 0 spiro atoms. The van der Waals surface area contributed by atoms with Gasteiger partial charge in [0.25, 0.3) is 5.91 Å². The minimum absolute atomic E-state index is 0.0503. The zero-order chi connectivity index (χ0) is 15.2. The summed E-state index contributed by atoms with van der Waals surface area (Å²) in [6, 6.07) is 14.2. The predicted molar refractivity (Wildman–Crippen MR) is 84.8 cm³/mol. The van der Waals surface area contributed by atoms with Gasteiger partial charge in [0.2, 0.25) is 0 Å². The Hall–Kier alpha value is -2.20. The van der Waals surface area contributed by atoms with Gasteiger partial charge in [-0.1, -0.05) is 30.3 Å². The summed E-state index contributed by atoms with van der Waals surface area (Å²) >= 11 is 0. The first-order valence-corrected chi connectivity index (χ1v) is 7.69. The zero-order valence-corrected chi connectivity index (χ0v) is 12.5. The maximum Gasteiger partial charge on any atom is 0.253 e. The number of hydrogen-bond acceptors (Lipinski definition) is 3. The average molecular weight is 296 g/mol. The van der Waals surface area contributed by atoms with Gasteiger partial charge in [0.1, 0.15) is 0 Å². The van der Waals surface area contributed by atoms with Crippen LogP contribution in [0.25, 0.3) is 0 Å². The van der Waals surface area contributed by atoms with Crippen LogP contribution in [0.3, 0.4) is 0 Å². The van der Waals surface area contributed by atoms with Gasteiger partial charge in [-0.05, 0) is 30.5 Å². The second kappa shape index (κ2) is 7.18. The Kier molecular flexibility index (Phi) is 4.81. The predicted octanol–water partition coefficient (Wildman–Crippen LogP) is 2.58. The molecule has 114 valence electrons. The molecule has 4 heteroatoms. The van der Waals surface area contributed by atoms with Crippen molar-refractivity contribution in [2.45, 2.75) is 25.3 Å². The van der Waals surface area contributed by atoms with Crippen LogP contribution in [0.15, 0.2) is 48.7 Å². The van der Waals surface area contributed by atoms with Crippen LogP contribution in [0.4, 0.5) is 0 Å². The number of amides is 1. The first kappa shape index (κ1) is 14.7. The number of nitrogens with one attached hydrogen (secondary N) is 1. The first-order valence-electron chi connectivity index (χ1n) is 7.69. The van der Waals surface area contributed by atoms with Gasteiger partial charge in [0.15, 0.2) is 0 Å². The Morgan fingerprint density at radius 2 is 1.91 bits per heavy atom. The fourth-order valence-electron chi connectivity index (χ4n) is 2.58. The maximum atomic E-state index is 12.2. The molecule has 2 aromatic rings. The SMILES string of the molecule is O=C(NC1CCOCC1)c1ccc(Cc2ccccc2)nc1. The molecule has 4 nitrogen and oxygen atoms in total. The van der Waals surface area contributed by atoms with Crippen LogP contribution in [0, 0.1) is 0 Å². The van der Waals surface area contributed by atoms with Crippen LogP contribution in [0.1, 0.15) is 34.5 Å². The fraction of sp³-hybridized carbons (Fsp3) is 0.333. The second-order valence-electron chi connectivity index (χ2n) is 5.56. The van der Waals surface area contributed by atoms with Gasteiger partial charge in [0, 0.05) is 37.6 Å². The molecule has 1 amide bonds. The number of aromatic nitrogens is 1. The molecule has 1 aromatic heterocycles. The minimum atomic E-state index is -0.0503. The molecular weight excluding hydrogens is 276 g/mol. The van der Waals surface area contributed by atoms with Crippen molar-refractivity contribution in [1.29, 1.82) is 0 Å². The third kappa shape index (κ3) is 3.92. The Morgan fingerprint density at radius 3 is 2.59 bits per heavy atom. The molecule has 1 aliphatic heterocycles. The second-order valence-corrected chi connectivity index (χ2v) is 5.56. The van der Waals surface area contributed by atoms with Crippen molar-refractivity contribution in [3.8, 4) is 0 Å². The molecule has 1 N–H and O–H groups in total. The maximum absolute atomic E-state index is 12.2. The van der Waals surface area contributed by atoms with Gasteiger partial charge in [-0.25, -0.2) is 0 Å². The van der Waals surface area contributed by atoms with E-state index < -0.39 is 0 Å². The van der Waals surface area contributed by atoms with Crippen LogP contribution in [-0.4, -0.2) is 30.1 Å². The molecule has 0 aliphatic carbocycles. The molecule has 2 heterocycles. The summed E-state index contributed by atoms with van der Waals surface area (Å²) in [4.78, 5) is 16.6. The van der Waals surface area contributed by atoms with Gasteiger partial charge in [-0.3, -0.25) is 9.78 Å². The van der Waals surface area contributed by atoms with Gasteiger partial charge < -0.3 is 10.1 Å². The molecule has 0 atom stereocenters. The number of carbonyl (C=O) groups excluding carboxylic acids is 1. The lowest BCUT2D eigenvalue weighted by atomic mass is 10.1. The van der Waals surface area contributed by atoms with Crippen molar-refractivity contribution >= 4 is 5.91 Å². The highest BCUT2D eigenvalue weighted by atomic mass is 16.5. The summed E-state index contributed by atoms with van der Waals surface area (Å²) < 4.78 is 5.30. The zero-order valence-electron chi connectivity index (χ0n) is 12.5. The van der Waals surface area contributed by atoms with E-state index in [1.807, 2.05) is 30.3 Å². The molecule has 1 aromatic carbocycles. The van der Waals surface area contributed by atoms with E-state index in [0.29, 0.717) is 5.56 Å². The van der Waals surface area contributed by atoms with Crippen LogP contribution >= 0.6 is 0 Å². The van der Waals surface area contributed by atoms with E-state index in [1.54, 1.807) is 6.20 Å². The Bertz CT molecular complexity index is 605. The number of nitrogens with zero attached hydrogens (tertiary/aromatic N) is 1. The van der Waals surface area contributed by atoms with Crippen LogP contribution in [0.2, 0.25) is 0 Å². The van der Waals surface area contributed by atoms with Crippen LogP contribution < -0.4 is 5.32 Å². The van der Waals surface area contributed by atoms with Gasteiger partial charge in [-0.15, -0.1) is 0 Å². The molecule has 0 unspecified atom stereocenters. The summed E-state index contributed by atoms with van der Waals surface area (Å²) in [5.74, 6) is -0.0503. The van der Waals surface area contributed by atoms with Crippen LogP contribution in [-0.2, 0) is 11.2 Å². The van der Waals surface area contributed by atoms with E-state index in [0.717, 1.165) is 38.2 Å². The number of pyridine rings is 1. The minimum Gasteiger partial charge on any atom is -0.381 e. The van der Waals surface area contributed by atoms with E-state index >= 15 is 0 Å². The molecule has 3 rings (SSSR count). The van der Waals surface area contributed by atoms with Crippen molar-refractivity contribution in [1.82, 2.24) is 10.3 Å². The molecule has 0 bridgehead atoms. The van der Waals surface area contributed by atoms with Crippen molar-refractivity contribution in [3.63, 3.8) is 0 Å². The fourth-order valence-corrected chi connectivity index (χ4v) is 2.58. The monoisotopic (exact) mass is 296 g/mol. The number of rotatable bonds is 4. The van der Waals surface area contributed by atoms with E-state index in [2.05, 4.69) is 22.4 Å². The smallest absolute Gasteiger partial charge is 0.253 e. The number of hydrogen-bond donors (Lipinski definition) is 1. The standard InChI is InChI=1S/C18H20N2O2/c21-18(20-16-8-10-22-11-9-16)15-6-7-17(19-13-15)12-14-4-2-1-3-5-14/h1-7,13,16H,8-12H2,(H,20,21). The van der Waals surface area contributed by atoms with Crippen LogP contribution in [0.5, 0.6) is 0 Å². The summed E-state index contributed by atoms with van der Waals surface area (Å²) in [5, 5.41) is 3.05. The van der Waals surface area contributed by atoms with Gasteiger partial charge >= 0.3 is 0 Å². The highest BCUT2D eigenvalue weighted by molar-refractivity contribution is 5.94. The Morgan fingerprint density at radius 1 is 1.14 bits per heavy atom. The lowest BCUT2D eigenvalue weighted by Gasteiger charge is -2.23. The summed E-state index contributed by atoms with van der Waals surface area (Å²) in [7, 11) is 0. The number of ether oxygens (including phenoxy) is 1. The molecule has 1 saturated heterocycles. The van der Waals surface area contributed by atoms with Gasteiger partial charge in [-0.2, -0.15) is 0 Å². The first-order chi connectivity index (χ1) is 10.8. The largest absolute Gasteiger partial charge is 0.381 e. The molecule has 0 radical (unpaired) electrons. The summed E-state index contributed by atoms with van der Waals surface area (Å²) in [6.07, 6.45) is 4.20. The molecular formula is C18H20N2O2. The summed E-state index contributed by atoms with van der Waals surface area (Å²) in [5.41, 5.74) is 2.80. The lowest BCUT2D eigenvalue weighted by molar-refractivity contribution is 0.0696. The third-order valence-electron chi connectivity index (χ3n) is 3.87. The quantitative estimate of drug-likeness (QED) is 0.943. The van der Waals surface area contributed by atoms with E-state index in [-0.39, 0.29) is 11.9 Å². The lowest BCUT2D eigenvalue weighted by Crippen LogP contribution is -2.38. The van der Waals surface area contributed by atoms with E-state index in [9.17, 15) is 4.79 Å². The van der Waals surface area contributed by atoms with Crippen molar-refractivity contribution in [2.24, 2.45) is 0 Å². The summed E-state index contributed by atoms with van der Waals surface area (Å²) in [6.45, 7) is 1.44. The third-order valence-corrected chi connectivity index (χ3v) is 3.87. The van der Waals surface area contributed by atoms with Crippen molar-refractivity contribution in [2.75, 3.05) is 13.2 Å². The van der Waals surface area contributed by atoms with E-state index in [4.69, 9.17) is 4.74 Å². The van der Waals surface area contributed by atoms with Gasteiger partial charge in [0.05, 0.1) is 5.56 Å². The average Bonchev–Trinajstić information content (AvgIpc) is 2.57. The molecule has 22 heavy (non-hydrogen) atoms. The highest BCUT2D eigenvalue weighted by Crippen LogP contribution is 2.10.